The van der Waals surface area contributed by atoms with Crippen LogP contribution in [0.2, 0.25) is 0 Å². The van der Waals surface area contributed by atoms with Gasteiger partial charge >= 0.3 is 0 Å². The molecular formula is C10H15BrO3S2. The zero-order chi connectivity index (χ0) is 12.3. The summed E-state index contributed by atoms with van der Waals surface area (Å²) in [4.78, 5) is 2.01. The molecule has 3 nitrogen and oxygen atoms in total. The molecule has 0 bridgehead atoms. The van der Waals surface area contributed by atoms with Crippen LogP contribution < -0.4 is 0 Å². The van der Waals surface area contributed by atoms with Crippen molar-refractivity contribution in [1.82, 2.24) is 0 Å². The van der Waals surface area contributed by atoms with Crippen LogP contribution in [0.1, 0.15) is 28.7 Å². The SMILES string of the molecule is Cc1sc(C(O)CCCS(C)(=O)=O)cc1Br. The van der Waals surface area contributed by atoms with Crippen LogP contribution in [0.5, 0.6) is 0 Å². The second-order valence-electron chi connectivity index (χ2n) is 3.84. The van der Waals surface area contributed by atoms with Gasteiger partial charge in [0.25, 0.3) is 0 Å². The predicted molar refractivity (Wildman–Crippen MR) is 70.7 cm³/mol. The highest BCUT2D eigenvalue weighted by atomic mass is 79.9. The standard InChI is InChI=1S/C10H15BrO3S2/c1-7-8(11)6-10(15-7)9(12)4-3-5-16(2,13)14/h6,9,12H,3-5H2,1-2H3. The molecule has 0 aliphatic carbocycles. The maximum absolute atomic E-state index is 10.9. The van der Waals surface area contributed by atoms with Crippen molar-refractivity contribution >= 4 is 37.1 Å². The molecule has 0 spiro atoms. The van der Waals surface area contributed by atoms with Crippen molar-refractivity contribution in [2.75, 3.05) is 12.0 Å². The van der Waals surface area contributed by atoms with Crippen LogP contribution in [0, 0.1) is 6.92 Å². The molecule has 0 aliphatic rings. The summed E-state index contributed by atoms with van der Waals surface area (Å²) in [6, 6.07) is 1.89. The summed E-state index contributed by atoms with van der Waals surface area (Å²) < 4.78 is 22.8. The summed E-state index contributed by atoms with van der Waals surface area (Å²) in [6.07, 6.45) is 1.64. The van der Waals surface area contributed by atoms with Crippen molar-refractivity contribution in [2.24, 2.45) is 0 Å². The van der Waals surface area contributed by atoms with Gasteiger partial charge in [0, 0.05) is 26.2 Å². The van der Waals surface area contributed by atoms with Crippen molar-refractivity contribution in [3.05, 3.63) is 20.3 Å². The summed E-state index contributed by atoms with van der Waals surface area (Å²) in [5.74, 6) is 0.135. The summed E-state index contributed by atoms with van der Waals surface area (Å²) in [6.45, 7) is 1.97. The van der Waals surface area contributed by atoms with E-state index < -0.39 is 15.9 Å². The third-order valence-corrected chi connectivity index (χ3v) is 5.47. The average Bonchev–Trinajstić information content (AvgIpc) is 2.45. The second kappa shape index (κ2) is 5.62. The van der Waals surface area contributed by atoms with Crippen LogP contribution in [0.3, 0.4) is 0 Å². The van der Waals surface area contributed by atoms with Crippen molar-refractivity contribution in [3.63, 3.8) is 0 Å². The molecule has 0 saturated heterocycles. The summed E-state index contributed by atoms with van der Waals surface area (Å²) in [5, 5.41) is 9.85. The van der Waals surface area contributed by atoms with Gasteiger partial charge < -0.3 is 5.11 Å². The fourth-order valence-corrected chi connectivity index (χ4v) is 3.60. The van der Waals surface area contributed by atoms with E-state index in [2.05, 4.69) is 15.9 Å². The lowest BCUT2D eigenvalue weighted by Crippen LogP contribution is -2.05. The van der Waals surface area contributed by atoms with E-state index in [4.69, 9.17) is 0 Å². The van der Waals surface area contributed by atoms with E-state index in [1.807, 2.05) is 13.0 Å². The van der Waals surface area contributed by atoms with Gasteiger partial charge in [0.2, 0.25) is 0 Å². The van der Waals surface area contributed by atoms with Crippen LogP contribution in [0.25, 0.3) is 0 Å². The Labute approximate surface area is 109 Å². The number of hydrogen-bond acceptors (Lipinski definition) is 4. The van der Waals surface area contributed by atoms with E-state index >= 15 is 0 Å². The van der Waals surface area contributed by atoms with E-state index in [0.29, 0.717) is 12.8 Å². The number of halogens is 1. The molecule has 1 rings (SSSR count). The molecule has 1 heterocycles. The topological polar surface area (TPSA) is 54.4 Å². The molecule has 1 atom stereocenters. The fraction of sp³-hybridized carbons (Fsp3) is 0.600. The molecule has 92 valence electrons. The Balaban J connectivity index is 2.50. The first-order valence-corrected chi connectivity index (χ1v) is 8.58. The number of rotatable bonds is 5. The first kappa shape index (κ1) is 14.2. The van der Waals surface area contributed by atoms with Gasteiger partial charge in [-0.25, -0.2) is 8.42 Å². The number of sulfone groups is 1. The molecule has 6 heteroatoms. The summed E-state index contributed by atoms with van der Waals surface area (Å²) in [7, 11) is -2.92. The number of aryl methyl sites for hydroxylation is 1. The zero-order valence-corrected chi connectivity index (χ0v) is 12.5. The molecule has 0 fully saturated rings. The van der Waals surface area contributed by atoms with Crippen molar-refractivity contribution in [2.45, 2.75) is 25.9 Å². The minimum absolute atomic E-state index is 0.135. The highest BCUT2D eigenvalue weighted by Gasteiger charge is 2.13. The van der Waals surface area contributed by atoms with Gasteiger partial charge in [0.15, 0.2) is 0 Å². The van der Waals surface area contributed by atoms with Crippen molar-refractivity contribution < 1.29 is 13.5 Å². The van der Waals surface area contributed by atoms with E-state index in [9.17, 15) is 13.5 Å². The molecule has 1 aromatic heterocycles. The number of aliphatic hydroxyl groups excluding tert-OH is 1. The number of thiophene rings is 1. The second-order valence-corrected chi connectivity index (χ2v) is 8.24. The van der Waals surface area contributed by atoms with Crippen LogP contribution in [-0.2, 0) is 9.84 Å². The normalized spacial score (nSPS) is 14.0. The Morgan fingerprint density at radius 1 is 1.56 bits per heavy atom. The molecule has 0 aliphatic heterocycles. The maximum atomic E-state index is 10.9. The molecule has 0 saturated carbocycles. The van der Waals surface area contributed by atoms with E-state index in [1.165, 1.54) is 17.6 Å². The minimum atomic E-state index is -2.92. The lowest BCUT2D eigenvalue weighted by atomic mass is 10.2. The third kappa shape index (κ3) is 4.53. The smallest absolute Gasteiger partial charge is 0.147 e. The van der Waals surface area contributed by atoms with E-state index in [0.717, 1.165) is 14.2 Å². The number of hydrogen-bond donors (Lipinski definition) is 1. The molecule has 0 amide bonds. The van der Waals surface area contributed by atoms with Gasteiger partial charge in [0.1, 0.15) is 9.84 Å². The Kier molecular flexibility index (Phi) is 4.97. The lowest BCUT2D eigenvalue weighted by Gasteiger charge is -2.07. The highest BCUT2D eigenvalue weighted by molar-refractivity contribution is 9.10. The quantitative estimate of drug-likeness (QED) is 0.905. The Morgan fingerprint density at radius 3 is 2.62 bits per heavy atom. The van der Waals surface area contributed by atoms with E-state index in [1.54, 1.807) is 0 Å². The van der Waals surface area contributed by atoms with Crippen LogP contribution in [0.4, 0.5) is 0 Å². The van der Waals surface area contributed by atoms with Crippen molar-refractivity contribution in [1.29, 1.82) is 0 Å². The molecule has 1 unspecified atom stereocenters. The molecule has 0 radical (unpaired) electrons. The molecular weight excluding hydrogens is 312 g/mol. The molecule has 1 N–H and O–H groups in total. The van der Waals surface area contributed by atoms with Crippen LogP contribution in [0.15, 0.2) is 10.5 Å². The minimum Gasteiger partial charge on any atom is -0.388 e. The Morgan fingerprint density at radius 2 is 2.19 bits per heavy atom. The zero-order valence-electron chi connectivity index (χ0n) is 9.23. The monoisotopic (exact) mass is 326 g/mol. The highest BCUT2D eigenvalue weighted by Crippen LogP contribution is 2.32. The maximum Gasteiger partial charge on any atom is 0.147 e. The van der Waals surface area contributed by atoms with Gasteiger partial charge in [-0.2, -0.15) is 0 Å². The Hall–Kier alpha value is 0.0900. The summed E-state index contributed by atoms with van der Waals surface area (Å²) in [5.41, 5.74) is 0. The summed E-state index contributed by atoms with van der Waals surface area (Å²) >= 11 is 4.92. The molecule has 0 aromatic carbocycles. The first-order chi connectivity index (χ1) is 7.29. The molecule has 16 heavy (non-hydrogen) atoms. The Bertz CT molecular complexity index is 431. The molecule has 1 aromatic rings. The number of aliphatic hydroxyl groups is 1. The van der Waals surface area contributed by atoms with Crippen LogP contribution in [-0.4, -0.2) is 25.5 Å². The van der Waals surface area contributed by atoms with Gasteiger partial charge in [0.05, 0.1) is 6.10 Å². The van der Waals surface area contributed by atoms with E-state index in [-0.39, 0.29) is 5.75 Å². The van der Waals surface area contributed by atoms with Crippen LogP contribution >= 0.6 is 27.3 Å². The largest absolute Gasteiger partial charge is 0.388 e. The first-order valence-electron chi connectivity index (χ1n) is 4.91. The third-order valence-electron chi connectivity index (χ3n) is 2.20. The average molecular weight is 327 g/mol. The fourth-order valence-electron chi connectivity index (χ4n) is 1.33. The van der Waals surface area contributed by atoms with Crippen molar-refractivity contribution in [3.8, 4) is 0 Å². The van der Waals surface area contributed by atoms with Gasteiger partial charge in [-0.1, -0.05) is 0 Å². The van der Waals surface area contributed by atoms with Gasteiger partial charge in [-0.3, -0.25) is 0 Å². The van der Waals surface area contributed by atoms with Gasteiger partial charge in [-0.05, 0) is 41.8 Å². The van der Waals surface area contributed by atoms with Gasteiger partial charge in [-0.15, -0.1) is 11.3 Å². The lowest BCUT2D eigenvalue weighted by molar-refractivity contribution is 0.170. The predicted octanol–water partition coefficient (Wildman–Crippen LogP) is 2.68.